The van der Waals surface area contributed by atoms with E-state index < -0.39 is 21.6 Å². The van der Waals surface area contributed by atoms with E-state index in [1.54, 1.807) is 6.92 Å². The molecule has 3 N–H and O–H groups in total. The van der Waals surface area contributed by atoms with Gasteiger partial charge in [0.2, 0.25) is 10.0 Å². The van der Waals surface area contributed by atoms with Crippen molar-refractivity contribution in [2.45, 2.75) is 30.8 Å². The fourth-order valence-corrected chi connectivity index (χ4v) is 2.46. The molecule has 106 valence electrons. The zero-order valence-electron chi connectivity index (χ0n) is 10.8. The highest BCUT2D eigenvalue weighted by molar-refractivity contribution is 7.89. The molecule has 19 heavy (non-hydrogen) atoms. The molecule has 1 unspecified atom stereocenters. The summed E-state index contributed by atoms with van der Waals surface area (Å²) in [5.41, 5.74) is -1.25. The molecule has 6 nitrogen and oxygen atoms in total. The molecule has 1 atom stereocenters. The number of carbonyl (C=O) groups is 1. The minimum absolute atomic E-state index is 0.106. The van der Waals surface area contributed by atoms with Crippen LogP contribution in [0.4, 0.5) is 0 Å². The third-order valence-electron chi connectivity index (χ3n) is 2.80. The highest BCUT2D eigenvalue weighted by atomic mass is 32.2. The first kappa shape index (κ1) is 15.6. The Kier molecular flexibility index (Phi) is 4.67. The number of aliphatic hydroxyl groups is 1. The number of sulfonamides is 1. The van der Waals surface area contributed by atoms with Gasteiger partial charge >= 0.3 is 5.97 Å². The molecule has 0 bridgehead atoms. The Labute approximate surface area is 112 Å². The lowest BCUT2D eigenvalue weighted by molar-refractivity contribution is 0.0613. The fourth-order valence-electron chi connectivity index (χ4n) is 1.26. The van der Waals surface area contributed by atoms with Crippen molar-refractivity contribution in [1.29, 1.82) is 0 Å². The number of carboxylic acids is 1. The van der Waals surface area contributed by atoms with E-state index in [0.717, 1.165) is 6.07 Å². The molecule has 0 saturated heterocycles. The predicted molar refractivity (Wildman–Crippen MR) is 69.5 cm³/mol. The van der Waals surface area contributed by atoms with Gasteiger partial charge in [0.1, 0.15) is 0 Å². The Bertz CT molecular complexity index is 565. The van der Waals surface area contributed by atoms with E-state index in [2.05, 4.69) is 4.72 Å². The predicted octanol–water partition coefficient (Wildman–Crippen LogP) is 0.824. The van der Waals surface area contributed by atoms with Crippen LogP contribution in [-0.2, 0) is 10.0 Å². The van der Waals surface area contributed by atoms with E-state index in [0.29, 0.717) is 6.42 Å². The Morgan fingerprint density at radius 1 is 1.42 bits per heavy atom. The van der Waals surface area contributed by atoms with Gasteiger partial charge < -0.3 is 10.2 Å². The average molecular weight is 287 g/mol. The summed E-state index contributed by atoms with van der Waals surface area (Å²) in [5.74, 6) is -1.20. The number of aromatic carboxylic acids is 1. The highest BCUT2D eigenvalue weighted by Gasteiger charge is 2.22. The summed E-state index contributed by atoms with van der Waals surface area (Å²) >= 11 is 0. The van der Waals surface area contributed by atoms with Crippen LogP contribution < -0.4 is 4.72 Å². The van der Waals surface area contributed by atoms with E-state index in [-0.39, 0.29) is 17.0 Å². The topological polar surface area (TPSA) is 104 Å². The van der Waals surface area contributed by atoms with Crippen LogP contribution in [0.3, 0.4) is 0 Å². The Morgan fingerprint density at radius 3 is 2.58 bits per heavy atom. The maximum Gasteiger partial charge on any atom is 0.335 e. The zero-order chi connectivity index (χ0) is 14.7. The van der Waals surface area contributed by atoms with Crippen molar-refractivity contribution >= 4 is 16.0 Å². The maximum atomic E-state index is 12.0. The fraction of sp³-hybridized carbons (Fsp3) is 0.417. The molecule has 0 heterocycles. The quantitative estimate of drug-likeness (QED) is 0.718. The van der Waals surface area contributed by atoms with Crippen molar-refractivity contribution in [3.8, 4) is 0 Å². The molecule has 0 spiro atoms. The molecular formula is C12H17NO5S. The van der Waals surface area contributed by atoms with Crippen molar-refractivity contribution in [3.05, 3.63) is 29.8 Å². The standard InChI is InChI=1S/C12H17NO5S/c1-3-12(2,16)8-13-19(17,18)10-6-4-5-9(7-10)11(14)15/h4-7,13,16H,3,8H2,1-2H3,(H,14,15). The van der Waals surface area contributed by atoms with Crippen molar-refractivity contribution < 1.29 is 23.4 Å². The zero-order valence-corrected chi connectivity index (χ0v) is 11.6. The summed E-state index contributed by atoms with van der Waals surface area (Å²) in [7, 11) is -3.83. The lowest BCUT2D eigenvalue weighted by Crippen LogP contribution is -2.40. The molecular weight excluding hydrogens is 270 g/mol. The second-order valence-electron chi connectivity index (χ2n) is 4.51. The molecule has 0 aliphatic rings. The molecule has 7 heteroatoms. The Morgan fingerprint density at radius 2 is 2.05 bits per heavy atom. The molecule has 1 aromatic carbocycles. The summed E-state index contributed by atoms with van der Waals surface area (Å²) in [6, 6.07) is 5.04. The van der Waals surface area contributed by atoms with E-state index in [9.17, 15) is 18.3 Å². The Hall–Kier alpha value is -1.44. The van der Waals surface area contributed by atoms with Gasteiger partial charge in [0, 0.05) is 6.54 Å². The highest BCUT2D eigenvalue weighted by Crippen LogP contribution is 2.13. The van der Waals surface area contributed by atoms with Gasteiger partial charge in [-0.05, 0) is 31.5 Å². The summed E-state index contributed by atoms with van der Waals surface area (Å²) in [6.07, 6.45) is 0.394. The van der Waals surface area contributed by atoms with E-state index in [4.69, 9.17) is 5.11 Å². The Balaban J connectivity index is 2.95. The van der Waals surface area contributed by atoms with Crippen molar-refractivity contribution in [1.82, 2.24) is 4.72 Å². The lowest BCUT2D eigenvalue weighted by Gasteiger charge is -2.21. The lowest BCUT2D eigenvalue weighted by atomic mass is 10.1. The van der Waals surface area contributed by atoms with Gasteiger partial charge in [-0.2, -0.15) is 0 Å². The molecule has 1 aromatic rings. The summed E-state index contributed by atoms with van der Waals surface area (Å²) < 4.78 is 26.2. The summed E-state index contributed by atoms with van der Waals surface area (Å²) in [6.45, 7) is 3.12. The number of hydrogen-bond donors (Lipinski definition) is 3. The minimum atomic E-state index is -3.83. The van der Waals surface area contributed by atoms with Gasteiger partial charge in [0.15, 0.2) is 0 Å². The van der Waals surface area contributed by atoms with Crippen LogP contribution in [0.25, 0.3) is 0 Å². The van der Waals surface area contributed by atoms with E-state index >= 15 is 0 Å². The molecule has 0 saturated carbocycles. The van der Waals surface area contributed by atoms with Crippen LogP contribution in [0.15, 0.2) is 29.2 Å². The van der Waals surface area contributed by atoms with Gasteiger partial charge in [-0.3, -0.25) is 0 Å². The average Bonchev–Trinajstić information content (AvgIpc) is 2.37. The number of nitrogens with one attached hydrogen (secondary N) is 1. The molecule has 0 aliphatic heterocycles. The van der Waals surface area contributed by atoms with E-state index in [1.165, 1.54) is 25.1 Å². The summed E-state index contributed by atoms with van der Waals surface area (Å²) in [5, 5.41) is 18.6. The smallest absolute Gasteiger partial charge is 0.335 e. The van der Waals surface area contributed by atoms with Crippen LogP contribution in [0.2, 0.25) is 0 Å². The maximum absolute atomic E-state index is 12.0. The van der Waals surface area contributed by atoms with Crippen LogP contribution in [0.5, 0.6) is 0 Å². The SMILES string of the molecule is CCC(C)(O)CNS(=O)(=O)c1cccc(C(=O)O)c1. The first-order chi connectivity index (χ1) is 8.68. The van der Waals surface area contributed by atoms with Crippen molar-refractivity contribution in [2.75, 3.05) is 6.54 Å². The van der Waals surface area contributed by atoms with Gasteiger partial charge in [-0.25, -0.2) is 17.9 Å². The third kappa shape index (κ3) is 4.30. The van der Waals surface area contributed by atoms with Crippen LogP contribution in [0, 0.1) is 0 Å². The molecule has 0 aliphatic carbocycles. The summed E-state index contributed by atoms with van der Waals surface area (Å²) in [4.78, 5) is 10.6. The molecule has 1 rings (SSSR count). The third-order valence-corrected chi connectivity index (χ3v) is 4.19. The first-order valence-corrected chi connectivity index (χ1v) is 7.22. The monoisotopic (exact) mass is 287 g/mol. The van der Waals surface area contributed by atoms with Crippen LogP contribution >= 0.6 is 0 Å². The van der Waals surface area contributed by atoms with Gasteiger partial charge in [-0.1, -0.05) is 13.0 Å². The molecule has 0 amide bonds. The van der Waals surface area contributed by atoms with Gasteiger partial charge in [0.25, 0.3) is 0 Å². The number of hydrogen-bond acceptors (Lipinski definition) is 4. The molecule has 0 aromatic heterocycles. The second-order valence-corrected chi connectivity index (χ2v) is 6.27. The molecule has 0 fully saturated rings. The van der Waals surface area contributed by atoms with Crippen LogP contribution in [0.1, 0.15) is 30.6 Å². The second kappa shape index (κ2) is 5.68. The number of carboxylic acid groups (broad SMARTS) is 1. The van der Waals surface area contributed by atoms with Crippen molar-refractivity contribution in [2.24, 2.45) is 0 Å². The van der Waals surface area contributed by atoms with Gasteiger partial charge in [0.05, 0.1) is 16.1 Å². The number of benzene rings is 1. The van der Waals surface area contributed by atoms with Crippen LogP contribution in [-0.4, -0.2) is 36.7 Å². The largest absolute Gasteiger partial charge is 0.478 e. The minimum Gasteiger partial charge on any atom is -0.478 e. The van der Waals surface area contributed by atoms with E-state index in [1.807, 2.05) is 0 Å². The molecule has 0 radical (unpaired) electrons. The normalized spacial score (nSPS) is 14.9. The van der Waals surface area contributed by atoms with Gasteiger partial charge in [-0.15, -0.1) is 0 Å². The number of rotatable bonds is 6. The first-order valence-electron chi connectivity index (χ1n) is 5.73. The van der Waals surface area contributed by atoms with Crippen molar-refractivity contribution in [3.63, 3.8) is 0 Å².